The molecular formula is C24H21NO. The molecule has 1 heterocycles. The molecule has 0 saturated heterocycles. The maximum atomic E-state index is 5.45. The zero-order chi connectivity index (χ0) is 17.9. The molecule has 0 bridgehead atoms. The lowest BCUT2D eigenvalue weighted by atomic mass is 9.90. The summed E-state index contributed by atoms with van der Waals surface area (Å²) in [4.78, 5) is 5.05. The van der Waals surface area contributed by atoms with E-state index in [-0.39, 0.29) is 0 Å². The Labute approximate surface area is 154 Å². The van der Waals surface area contributed by atoms with Crippen molar-refractivity contribution in [3.63, 3.8) is 0 Å². The summed E-state index contributed by atoms with van der Waals surface area (Å²) in [5.41, 5.74) is 6.88. The van der Waals surface area contributed by atoms with Crippen molar-refractivity contribution in [2.45, 2.75) is 13.3 Å². The lowest BCUT2D eigenvalue weighted by Gasteiger charge is -2.17. The van der Waals surface area contributed by atoms with Crippen LogP contribution in [0.3, 0.4) is 0 Å². The Morgan fingerprint density at radius 1 is 0.808 bits per heavy atom. The van der Waals surface area contributed by atoms with Gasteiger partial charge in [-0.3, -0.25) is 0 Å². The van der Waals surface area contributed by atoms with Crippen LogP contribution in [-0.2, 0) is 6.42 Å². The van der Waals surface area contributed by atoms with E-state index in [1.54, 1.807) is 7.11 Å². The van der Waals surface area contributed by atoms with E-state index >= 15 is 0 Å². The van der Waals surface area contributed by atoms with Gasteiger partial charge in [0.2, 0.25) is 0 Å². The zero-order valence-corrected chi connectivity index (χ0v) is 15.1. The summed E-state index contributed by atoms with van der Waals surface area (Å²) in [5, 5.41) is 1.16. The second-order valence-electron chi connectivity index (χ2n) is 6.28. The van der Waals surface area contributed by atoms with Crippen LogP contribution in [0.1, 0.15) is 12.5 Å². The van der Waals surface area contributed by atoms with E-state index in [1.807, 2.05) is 12.1 Å². The van der Waals surface area contributed by atoms with Crippen LogP contribution in [0.5, 0.6) is 5.75 Å². The average molecular weight is 339 g/mol. The molecule has 2 nitrogen and oxygen atoms in total. The van der Waals surface area contributed by atoms with Crippen molar-refractivity contribution in [1.29, 1.82) is 0 Å². The average Bonchev–Trinajstić information content (AvgIpc) is 2.73. The molecule has 0 amide bonds. The van der Waals surface area contributed by atoms with Gasteiger partial charge in [0.1, 0.15) is 5.75 Å². The number of pyridine rings is 1. The lowest BCUT2D eigenvalue weighted by molar-refractivity contribution is 0.415. The Morgan fingerprint density at radius 3 is 2.08 bits per heavy atom. The first-order valence-corrected chi connectivity index (χ1v) is 8.93. The predicted molar refractivity (Wildman–Crippen MR) is 109 cm³/mol. The van der Waals surface area contributed by atoms with Gasteiger partial charge in [-0.15, -0.1) is 0 Å². The minimum absolute atomic E-state index is 0.862. The fourth-order valence-corrected chi connectivity index (χ4v) is 3.52. The number of nitrogens with zero attached hydrogens (tertiary/aromatic N) is 1. The molecule has 0 aliphatic carbocycles. The Morgan fingerprint density at radius 2 is 1.46 bits per heavy atom. The largest absolute Gasteiger partial charge is 0.497 e. The Hall–Kier alpha value is -3.13. The first-order valence-electron chi connectivity index (χ1n) is 8.93. The minimum Gasteiger partial charge on any atom is -0.497 e. The molecule has 0 fully saturated rings. The number of ether oxygens (including phenoxy) is 1. The van der Waals surface area contributed by atoms with Crippen LogP contribution in [0, 0.1) is 0 Å². The molecule has 1 aromatic heterocycles. The predicted octanol–water partition coefficient (Wildman–Crippen LogP) is 6.14. The van der Waals surface area contributed by atoms with Gasteiger partial charge in [0, 0.05) is 16.5 Å². The van der Waals surface area contributed by atoms with Gasteiger partial charge in [0.15, 0.2) is 0 Å². The fourth-order valence-electron chi connectivity index (χ4n) is 3.52. The molecule has 0 saturated carbocycles. The molecule has 0 atom stereocenters. The minimum atomic E-state index is 0.862. The molecule has 4 rings (SSSR count). The lowest BCUT2D eigenvalue weighted by Crippen LogP contribution is -1.98. The molecule has 26 heavy (non-hydrogen) atoms. The molecule has 2 heteroatoms. The fraction of sp³-hybridized carbons (Fsp3) is 0.125. The number of hydrogen-bond acceptors (Lipinski definition) is 2. The van der Waals surface area contributed by atoms with Crippen molar-refractivity contribution in [3.8, 4) is 28.1 Å². The van der Waals surface area contributed by atoms with Crippen molar-refractivity contribution in [2.75, 3.05) is 7.11 Å². The standard InChI is InChI=1S/C24H21NO/c1-3-20-21-16-19(26-2)14-15-22(21)25-24(18-12-8-5-9-13-18)23(20)17-10-6-4-7-11-17/h4-16H,3H2,1-2H3. The molecule has 3 aromatic carbocycles. The van der Waals surface area contributed by atoms with Gasteiger partial charge < -0.3 is 4.74 Å². The quantitative estimate of drug-likeness (QED) is 0.445. The van der Waals surface area contributed by atoms with Gasteiger partial charge >= 0.3 is 0 Å². The number of fused-ring (bicyclic) bond motifs is 1. The van der Waals surface area contributed by atoms with Gasteiger partial charge in [-0.1, -0.05) is 67.6 Å². The summed E-state index contributed by atoms with van der Waals surface area (Å²) in [5.74, 6) is 0.862. The Balaban J connectivity index is 2.12. The van der Waals surface area contributed by atoms with Gasteiger partial charge in [-0.2, -0.15) is 0 Å². The zero-order valence-electron chi connectivity index (χ0n) is 15.1. The molecular weight excluding hydrogens is 318 g/mol. The van der Waals surface area contributed by atoms with Crippen LogP contribution in [0.25, 0.3) is 33.3 Å². The normalized spacial score (nSPS) is 10.8. The highest BCUT2D eigenvalue weighted by molar-refractivity contribution is 5.96. The highest BCUT2D eigenvalue weighted by Crippen LogP contribution is 2.38. The maximum absolute atomic E-state index is 5.45. The topological polar surface area (TPSA) is 22.1 Å². The molecule has 4 aromatic rings. The van der Waals surface area contributed by atoms with E-state index in [1.165, 1.54) is 16.7 Å². The van der Waals surface area contributed by atoms with E-state index in [0.717, 1.165) is 34.3 Å². The monoisotopic (exact) mass is 339 g/mol. The summed E-state index contributed by atoms with van der Waals surface area (Å²) in [7, 11) is 1.71. The second kappa shape index (κ2) is 7.01. The van der Waals surface area contributed by atoms with Crippen molar-refractivity contribution in [2.24, 2.45) is 0 Å². The number of aryl methyl sites for hydroxylation is 1. The van der Waals surface area contributed by atoms with Crippen molar-refractivity contribution in [3.05, 3.63) is 84.4 Å². The molecule has 0 N–H and O–H groups in total. The number of rotatable bonds is 4. The van der Waals surface area contributed by atoms with Crippen LogP contribution in [-0.4, -0.2) is 12.1 Å². The van der Waals surface area contributed by atoms with Gasteiger partial charge in [-0.05, 0) is 35.7 Å². The first kappa shape index (κ1) is 16.3. The van der Waals surface area contributed by atoms with E-state index in [4.69, 9.17) is 9.72 Å². The smallest absolute Gasteiger partial charge is 0.119 e. The SMILES string of the molecule is CCc1c(-c2ccccc2)c(-c2ccccc2)nc2ccc(OC)cc12. The molecule has 0 aliphatic rings. The number of aromatic nitrogens is 1. The number of benzene rings is 3. The number of hydrogen-bond donors (Lipinski definition) is 0. The highest BCUT2D eigenvalue weighted by atomic mass is 16.5. The van der Waals surface area contributed by atoms with Crippen molar-refractivity contribution < 1.29 is 4.74 Å². The molecule has 0 aliphatic heterocycles. The van der Waals surface area contributed by atoms with Crippen LogP contribution in [0.4, 0.5) is 0 Å². The number of methoxy groups -OCH3 is 1. The van der Waals surface area contributed by atoms with Gasteiger partial charge in [-0.25, -0.2) is 4.98 Å². The van der Waals surface area contributed by atoms with Crippen LogP contribution < -0.4 is 4.74 Å². The Bertz CT molecular complexity index is 1040. The summed E-state index contributed by atoms with van der Waals surface area (Å²) in [6, 6.07) is 27.1. The van der Waals surface area contributed by atoms with Gasteiger partial charge in [0.05, 0.1) is 18.3 Å². The van der Waals surface area contributed by atoms with Crippen LogP contribution >= 0.6 is 0 Å². The summed E-state index contributed by atoms with van der Waals surface area (Å²) < 4.78 is 5.45. The molecule has 0 spiro atoms. The van der Waals surface area contributed by atoms with E-state index < -0.39 is 0 Å². The molecule has 128 valence electrons. The van der Waals surface area contributed by atoms with Crippen LogP contribution in [0.15, 0.2) is 78.9 Å². The molecule has 0 radical (unpaired) electrons. The molecule has 0 unspecified atom stereocenters. The summed E-state index contributed by atoms with van der Waals surface area (Å²) in [6.07, 6.45) is 0.927. The first-order chi connectivity index (χ1) is 12.8. The van der Waals surface area contributed by atoms with E-state index in [0.29, 0.717) is 0 Å². The van der Waals surface area contributed by atoms with Crippen LogP contribution in [0.2, 0.25) is 0 Å². The third-order valence-corrected chi connectivity index (χ3v) is 4.76. The second-order valence-corrected chi connectivity index (χ2v) is 6.28. The third kappa shape index (κ3) is 2.84. The highest BCUT2D eigenvalue weighted by Gasteiger charge is 2.17. The van der Waals surface area contributed by atoms with Crippen molar-refractivity contribution in [1.82, 2.24) is 4.98 Å². The van der Waals surface area contributed by atoms with E-state index in [9.17, 15) is 0 Å². The maximum Gasteiger partial charge on any atom is 0.119 e. The third-order valence-electron chi connectivity index (χ3n) is 4.76. The summed E-state index contributed by atoms with van der Waals surface area (Å²) in [6.45, 7) is 2.20. The van der Waals surface area contributed by atoms with E-state index in [2.05, 4.69) is 73.7 Å². The Kier molecular flexibility index (Phi) is 4.40. The summed E-state index contributed by atoms with van der Waals surface area (Å²) >= 11 is 0. The van der Waals surface area contributed by atoms with Crippen molar-refractivity contribution >= 4 is 10.9 Å². The van der Waals surface area contributed by atoms with Gasteiger partial charge in [0.25, 0.3) is 0 Å².